The Kier molecular flexibility index (Phi) is 12.2. The van der Waals surface area contributed by atoms with Crippen LogP contribution in [0.3, 0.4) is 0 Å². The summed E-state index contributed by atoms with van der Waals surface area (Å²) in [4.78, 5) is 28.7. The van der Waals surface area contributed by atoms with Crippen LogP contribution in [0.25, 0.3) is 22.6 Å². The molecule has 5 atom stereocenters. The highest BCUT2D eigenvalue weighted by molar-refractivity contribution is 7.99. The summed E-state index contributed by atoms with van der Waals surface area (Å²) in [7, 11) is 0. The van der Waals surface area contributed by atoms with E-state index in [9.17, 15) is 14.7 Å². The van der Waals surface area contributed by atoms with Gasteiger partial charge in [-0.25, -0.2) is 4.98 Å². The van der Waals surface area contributed by atoms with Crippen LogP contribution in [0.5, 0.6) is 0 Å². The fourth-order valence-corrected chi connectivity index (χ4v) is 7.56. The third-order valence-corrected chi connectivity index (χ3v) is 10.4. The summed E-state index contributed by atoms with van der Waals surface area (Å²) in [5, 5.41) is 13.1. The minimum atomic E-state index is -0.886. The van der Waals surface area contributed by atoms with Crippen molar-refractivity contribution in [1.82, 2.24) is 10.3 Å². The third-order valence-electron chi connectivity index (χ3n) is 9.46. The Morgan fingerprint density at radius 2 is 1.36 bits per heavy atom. The lowest BCUT2D eigenvalue weighted by atomic mass is 9.84. The number of nitrogens with zero attached hydrogens (tertiary/aromatic N) is 1. The highest BCUT2D eigenvalue weighted by Crippen LogP contribution is 2.48. The quantitative estimate of drug-likeness (QED) is 0.0881. The Bertz CT molecular complexity index is 2100. The predicted molar refractivity (Wildman–Crippen MR) is 211 cm³/mol. The minimum absolute atomic E-state index is 0.0551. The first kappa shape index (κ1) is 37.8. The molecule has 280 valence electrons. The van der Waals surface area contributed by atoms with Crippen molar-refractivity contribution in [2.75, 3.05) is 5.75 Å². The number of carbonyl (C=O) groups is 2. The van der Waals surface area contributed by atoms with E-state index in [1.807, 2.05) is 127 Å². The van der Waals surface area contributed by atoms with Gasteiger partial charge in [0.25, 0.3) is 11.1 Å². The van der Waals surface area contributed by atoms with Gasteiger partial charge in [-0.05, 0) is 29.2 Å². The monoisotopic (exact) mass is 754 g/mol. The first-order chi connectivity index (χ1) is 26.9. The second-order valence-electron chi connectivity index (χ2n) is 13.3. The van der Waals surface area contributed by atoms with E-state index in [1.54, 1.807) is 0 Å². The van der Waals surface area contributed by atoms with E-state index in [1.165, 1.54) is 25.6 Å². The molecule has 1 fully saturated rings. The first-order valence-electron chi connectivity index (χ1n) is 18.2. The molecule has 1 saturated heterocycles. The summed E-state index contributed by atoms with van der Waals surface area (Å²) in [5.41, 5.74) is 7.21. The minimum Gasteiger partial charge on any atom is -0.453 e. The molecule has 1 amide bonds. The van der Waals surface area contributed by atoms with Crippen LogP contribution in [0.2, 0.25) is 0 Å². The summed E-state index contributed by atoms with van der Waals surface area (Å²) in [6, 6.07) is 45.8. The zero-order chi connectivity index (χ0) is 38.1. The van der Waals surface area contributed by atoms with Crippen molar-refractivity contribution in [3.8, 4) is 22.6 Å². The van der Waals surface area contributed by atoms with Gasteiger partial charge in [-0.3, -0.25) is 9.59 Å². The molecule has 2 heterocycles. The highest BCUT2D eigenvalue weighted by atomic mass is 32.2. The van der Waals surface area contributed by atoms with Crippen molar-refractivity contribution in [2.24, 2.45) is 0 Å². The molecule has 0 aliphatic carbocycles. The van der Waals surface area contributed by atoms with Gasteiger partial charge in [0, 0.05) is 41.8 Å². The van der Waals surface area contributed by atoms with Crippen molar-refractivity contribution in [3.05, 3.63) is 167 Å². The molecule has 6 aromatic rings. The van der Waals surface area contributed by atoms with E-state index in [-0.39, 0.29) is 31.1 Å². The smallest absolute Gasteiger partial charge is 0.303 e. The van der Waals surface area contributed by atoms with Gasteiger partial charge in [0.2, 0.25) is 0 Å². The molecule has 0 spiro atoms. The summed E-state index contributed by atoms with van der Waals surface area (Å²) in [6.07, 6.45) is -2.35. The van der Waals surface area contributed by atoms with Gasteiger partial charge >= 0.3 is 5.97 Å². The van der Waals surface area contributed by atoms with Crippen LogP contribution < -0.4 is 5.32 Å². The van der Waals surface area contributed by atoms with E-state index in [2.05, 4.69) is 17.4 Å². The van der Waals surface area contributed by atoms with Gasteiger partial charge in [0.05, 0.1) is 18.8 Å². The van der Waals surface area contributed by atoms with Crippen LogP contribution >= 0.6 is 11.8 Å². The summed E-state index contributed by atoms with van der Waals surface area (Å²) in [6.45, 7) is 3.02. The molecule has 1 aromatic heterocycles. The number of esters is 1. The van der Waals surface area contributed by atoms with Gasteiger partial charge in [-0.15, -0.1) is 0 Å². The topological polar surface area (TPSA) is 120 Å². The van der Waals surface area contributed by atoms with Gasteiger partial charge in [-0.1, -0.05) is 151 Å². The van der Waals surface area contributed by atoms with Gasteiger partial charge < -0.3 is 29.1 Å². The van der Waals surface area contributed by atoms with Crippen LogP contribution in [0.15, 0.2) is 149 Å². The van der Waals surface area contributed by atoms with Crippen LogP contribution in [0.4, 0.5) is 0 Å². The van der Waals surface area contributed by atoms with Crippen molar-refractivity contribution in [3.63, 3.8) is 0 Å². The molecule has 7 rings (SSSR count). The van der Waals surface area contributed by atoms with E-state index < -0.39 is 24.5 Å². The standard InChI is InChI=1S/C45H42N2O7S/c1-29(51-30(2)49)43(50)46-26-31-18-24-37(25-19-31)44-52-38(39(33-12-6-3-7-13-33)41(53-44)36-22-20-32(27-48)21-23-36)28-55-45-47-40(34-14-8-4-9-15-34)42(54-45)35-16-10-5-11-17-35/h3-25,29,38-39,41,44,48H,26-28H2,1-2H3,(H,46,50). The molecule has 0 bridgehead atoms. The number of aromatic nitrogens is 1. The SMILES string of the molecule is CC(=O)OC(C)C(=O)NCc1ccc(C2OC(CSc3nc(-c4ccccc4)c(-c4ccccc4)o3)C(c3ccccc3)C(c3ccc(CO)cc3)O2)cc1. The summed E-state index contributed by atoms with van der Waals surface area (Å²) < 4.78 is 25.3. The van der Waals surface area contributed by atoms with Gasteiger partial charge in [-0.2, -0.15) is 0 Å². The normalized spacial score (nSPS) is 18.7. The number of carbonyl (C=O) groups excluding carboxylic acids is 2. The van der Waals surface area contributed by atoms with E-state index >= 15 is 0 Å². The molecule has 0 radical (unpaired) electrons. The molecule has 10 heteroatoms. The maximum atomic E-state index is 12.4. The second kappa shape index (κ2) is 17.7. The summed E-state index contributed by atoms with van der Waals surface area (Å²) in [5.74, 6) is 0.133. The number of rotatable bonds is 13. The number of nitrogens with one attached hydrogen (secondary N) is 1. The molecule has 2 N–H and O–H groups in total. The fourth-order valence-electron chi connectivity index (χ4n) is 6.67. The lowest BCUT2D eigenvalue weighted by Gasteiger charge is -2.43. The number of amides is 1. The van der Waals surface area contributed by atoms with Crippen molar-refractivity contribution in [2.45, 2.75) is 62.7 Å². The largest absolute Gasteiger partial charge is 0.453 e. The molecule has 0 saturated carbocycles. The van der Waals surface area contributed by atoms with E-state index in [0.29, 0.717) is 16.7 Å². The Morgan fingerprint density at radius 3 is 2.00 bits per heavy atom. The lowest BCUT2D eigenvalue weighted by molar-refractivity contribution is -0.255. The zero-order valence-electron chi connectivity index (χ0n) is 30.5. The molecular formula is C45H42N2O7S. The lowest BCUT2D eigenvalue weighted by Crippen LogP contribution is -2.38. The number of hydrogen-bond donors (Lipinski definition) is 2. The molecule has 5 aromatic carbocycles. The number of ether oxygens (including phenoxy) is 3. The second-order valence-corrected chi connectivity index (χ2v) is 14.3. The van der Waals surface area contributed by atoms with Crippen molar-refractivity contribution < 1.29 is 33.3 Å². The first-order valence-corrected chi connectivity index (χ1v) is 19.2. The van der Waals surface area contributed by atoms with Crippen molar-refractivity contribution in [1.29, 1.82) is 0 Å². The van der Waals surface area contributed by atoms with Crippen LogP contribution in [-0.4, -0.2) is 39.9 Å². The molecule has 1 aliphatic heterocycles. The average Bonchev–Trinajstić information content (AvgIpc) is 3.67. The molecule has 1 aliphatic rings. The number of aliphatic hydroxyl groups is 1. The maximum absolute atomic E-state index is 12.4. The van der Waals surface area contributed by atoms with E-state index in [0.717, 1.165) is 44.6 Å². The predicted octanol–water partition coefficient (Wildman–Crippen LogP) is 8.80. The maximum Gasteiger partial charge on any atom is 0.303 e. The van der Waals surface area contributed by atoms with Gasteiger partial charge in [0.15, 0.2) is 18.2 Å². The summed E-state index contributed by atoms with van der Waals surface area (Å²) >= 11 is 1.50. The number of benzene rings is 5. The number of oxazole rings is 1. The number of hydrogen-bond acceptors (Lipinski definition) is 9. The van der Waals surface area contributed by atoms with Crippen LogP contribution in [0.1, 0.15) is 60.0 Å². The highest BCUT2D eigenvalue weighted by Gasteiger charge is 2.42. The molecule has 5 unspecified atom stereocenters. The van der Waals surface area contributed by atoms with Crippen molar-refractivity contribution >= 4 is 23.6 Å². The molecule has 9 nitrogen and oxygen atoms in total. The van der Waals surface area contributed by atoms with Crippen LogP contribution in [-0.2, 0) is 37.0 Å². The Morgan fingerprint density at radius 1 is 0.764 bits per heavy atom. The van der Waals surface area contributed by atoms with E-state index in [4.69, 9.17) is 23.6 Å². The number of aliphatic hydroxyl groups excluding tert-OH is 1. The third kappa shape index (κ3) is 9.24. The zero-order valence-corrected chi connectivity index (χ0v) is 31.4. The number of thioether (sulfide) groups is 1. The fraction of sp³-hybridized carbons (Fsp3) is 0.222. The average molecular weight is 755 g/mol. The Balaban J connectivity index is 1.19. The molecule has 55 heavy (non-hydrogen) atoms. The van der Waals surface area contributed by atoms with Crippen LogP contribution in [0, 0.1) is 0 Å². The Labute approximate surface area is 324 Å². The Hall–Kier alpha value is -5.52. The van der Waals surface area contributed by atoms with Gasteiger partial charge in [0.1, 0.15) is 5.69 Å². The molecular weight excluding hydrogens is 713 g/mol.